The summed E-state index contributed by atoms with van der Waals surface area (Å²) in [4.78, 5) is 0. The van der Waals surface area contributed by atoms with Crippen LogP contribution in [0.2, 0.25) is 0 Å². The first kappa shape index (κ1) is 19.3. The van der Waals surface area contributed by atoms with Crippen molar-refractivity contribution < 1.29 is 4.74 Å². The lowest BCUT2D eigenvalue weighted by Crippen LogP contribution is -2.00. The maximum atomic E-state index is 5.32. The zero-order valence-electron chi connectivity index (χ0n) is 16.8. The topological polar surface area (TPSA) is 39.9 Å². The molecule has 0 radical (unpaired) electrons. The van der Waals surface area contributed by atoms with E-state index in [1.807, 2.05) is 24.3 Å². The van der Waals surface area contributed by atoms with E-state index in [4.69, 9.17) is 4.74 Å². The number of aryl methyl sites for hydroxylation is 2. The third-order valence-electron chi connectivity index (χ3n) is 4.69. The van der Waals surface area contributed by atoms with Crippen LogP contribution in [-0.4, -0.2) is 21.9 Å². The van der Waals surface area contributed by atoms with Gasteiger partial charge in [0.1, 0.15) is 5.75 Å². The molecular weight excluding hydrogens is 378 g/mol. The van der Waals surface area contributed by atoms with Crippen molar-refractivity contribution in [2.45, 2.75) is 24.8 Å². The minimum absolute atomic E-state index is 0.827. The lowest BCUT2D eigenvalue weighted by atomic mass is 10.1. The van der Waals surface area contributed by atoms with Gasteiger partial charge >= 0.3 is 0 Å². The molecule has 0 aliphatic rings. The number of nitrogens with zero attached hydrogens (tertiary/aromatic N) is 3. The first-order valence-corrected chi connectivity index (χ1v) is 10.5. The second-order valence-electron chi connectivity index (χ2n) is 6.99. The normalized spacial score (nSPS) is 10.9. The van der Waals surface area contributed by atoms with Crippen LogP contribution in [0.5, 0.6) is 5.75 Å². The molecule has 0 N–H and O–H groups in total. The Hall–Kier alpha value is -3.05. The van der Waals surface area contributed by atoms with E-state index >= 15 is 0 Å². The second-order valence-corrected chi connectivity index (χ2v) is 7.93. The van der Waals surface area contributed by atoms with Crippen LogP contribution in [-0.2, 0) is 5.75 Å². The molecular formula is C24H23N3OS. The van der Waals surface area contributed by atoms with Gasteiger partial charge in [-0.3, -0.25) is 4.57 Å². The van der Waals surface area contributed by atoms with Crippen LogP contribution in [0.25, 0.3) is 17.1 Å². The number of methoxy groups -OCH3 is 1. The summed E-state index contributed by atoms with van der Waals surface area (Å²) in [5, 5.41) is 9.93. The summed E-state index contributed by atoms with van der Waals surface area (Å²) in [5.74, 6) is 2.50. The van der Waals surface area contributed by atoms with Gasteiger partial charge in [0.15, 0.2) is 11.0 Å². The minimum Gasteiger partial charge on any atom is -0.497 e. The Kier molecular flexibility index (Phi) is 5.67. The quantitative estimate of drug-likeness (QED) is 0.380. The average Bonchev–Trinajstić information content (AvgIpc) is 3.16. The SMILES string of the molecule is COc1ccc(-n2c(SCc3cccc(C)c3)nnc2-c2cccc(C)c2)cc1. The highest BCUT2D eigenvalue weighted by atomic mass is 32.2. The fourth-order valence-electron chi connectivity index (χ4n) is 3.25. The van der Waals surface area contributed by atoms with Crippen LogP contribution in [0.15, 0.2) is 78.0 Å². The van der Waals surface area contributed by atoms with Gasteiger partial charge in [-0.2, -0.15) is 0 Å². The molecule has 0 aliphatic heterocycles. The lowest BCUT2D eigenvalue weighted by molar-refractivity contribution is 0.414. The zero-order chi connectivity index (χ0) is 20.2. The van der Waals surface area contributed by atoms with Crippen molar-refractivity contribution in [2.24, 2.45) is 0 Å². The zero-order valence-corrected chi connectivity index (χ0v) is 17.6. The molecule has 0 atom stereocenters. The molecule has 0 amide bonds. The molecule has 4 aromatic rings. The Morgan fingerprint density at radius 2 is 1.59 bits per heavy atom. The molecule has 0 bridgehead atoms. The van der Waals surface area contributed by atoms with Gasteiger partial charge in [0.05, 0.1) is 7.11 Å². The predicted molar refractivity (Wildman–Crippen MR) is 119 cm³/mol. The molecule has 1 aromatic heterocycles. The molecule has 146 valence electrons. The van der Waals surface area contributed by atoms with Gasteiger partial charge in [0.25, 0.3) is 0 Å². The summed E-state index contributed by atoms with van der Waals surface area (Å²) < 4.78 is 7.44. The summed E-state index contributed by atoms with van der Waals surface area (Å²) in [5.41, 5.74) is 5.80. The van der Waals surface area contributed by atoms with E-state index < -0.39 is 0 Å². The molecule has 29 heavy (non-hydrogen) atoms. The predicted octanol–water partition coefficient (Wildman–Crippen LogP) is 5.85. The van der Waals surface area contributed by atoms with E-state index in [1.54, 1.807) is 18.9 Å². The maximum absolute atomic E-state index is 5.32. The fourth-order valence-corrected chi connectivity index (χ4v) is 4.14. The Bertz CT molecular complexity index is 1120. The van der Waals surface area contributed by atoms with Gasteiger partial charge in [-0.15, -0.1) is 10.2 Å². The van der Waals surface area contributed by atoms with Crippen LogP contribution in [0.3, 0.4) is 0 Å². The summed E-state index contributed by atoms with van der Waals surface area (Å²) in [6, 6.07) is 24.9. The van der Waals surface area contributed by atoms with Crippen molar-refractivity contribution in [1.82, 2.24) is 14.8 Å². The summed E-state index contributed by atoms with van der Waals surface area (Å²) in [7, 11) is 1.68. The number of rotatable bonds is 6. The van der Waals surface area contributed by atoms with Crippen LogP contribution in [0.1, 0.15) is 16.7 Å². The highest BCUT2D eigenvalue weighted by Crippen LogP contribution is 2.31. The largest absolute Gasteiger partial charge is 0.497 e. The number of ether oxygens (including phenoxy) is 1. The lowest BCUT2D eigenvalue weighted by Gasteiger charge is -2.11. The van der Waals surface area contributed by atoms with Gasteiger partial charge in [-0.25, -0.2) is 0 Å². The highest BCUT2D eigenvalue weighted by molar-refractivity contribution is 7.98. The van der Waals surface area contributed by atoms with E-state index in [0.29, 0.717) is 0 Å². The average molecular weight is 402 g/mol. The van der Waals surface area contributed by atoms with Crippen molar-refractivity contribution in [3.05, 3.63) is 89.5 Å². The van der Waals surface area contributed by atoms with Crippen molar-refractivity contribution in [3.63, 3.8) is 0 Å². The van der Waals surface area contributed by atoms with E-state index in [9.17, 15) is 0 Å². The van der Waals surface area contributed by atoms with Gasteiger partial charge in [0.2, 0.25) is 0 Å². The van der Waals surface area contributed by atoms with E-state index in [2.05, 4.69) is 77.1 Å². The van der Waals surface area contributed by atoms with Crippen molar-refractivity contribution >= 4 is 11.8 Å². The van der Waals surface area contributed by atoms with E-state index in [-0.39, 0.29) is 0 Å². The number of aromatic nitrogens is 3. The van der Waals surface area contributed by atoms with E-state index in [0.717, 1.165) is 33.7 Å². The molecule has 0 aliphatic carbocycles. The smallest absolute Gasteiger partial charge is 0.196 e. The Morgan fingerprint density at radius 3 is 2.28 bits per heavy atom. The Labute approximate surface area is 175 Å². The molecule has 0 saturated carbocycles. The first-order valence-electron chi connectivity index (χ1n) is 9.49. The molecule has 0 fully saturated rings. The number of thioether (sulfide) groups is 1. The standard InChI is InChI=1S/C24H23N3OS/c1-17-6-4-8-19(14-17)16-29-24-26-25-23(20-9-5-7-18(2)15-20)27(24)21-10-12-22(28-3)13-11-21/h4-15H,16H2,1-3H3. The van der Waals surface area contributed by atoms with Crippen LogP contribution in [0, 0.1) is 13.8 Å². The number of hydrogen-bond donors (Lipinski definition) is 0. The van der Waals surface area contributed by atoms with Gasteiger partial charge in [-0.05, 0) is 49.7 Å². The second kappa shape index (κ2) is 8.53. The van der Waals surface area contributed by atoms with Crippen LogP contribution >= 0.6 is 11.8 Å². The van der Waals surface area contributed by atoms with E-state index in [1.165, 1.54) is 16.7 Å². The molecule has 4 rings (SSSR count). The van der Waals surface area contributed by atoms with Gasteiger partial charge in [-0.1, -0.05) is 65.4 Å². The van der Waals surface area contributed by atoms with Gasteiger partial charge in [0, 0.05) is 17.0 Å². The highest BCUT2D eigenvalue weighted by Gasteiger charge is 2.16. The maximum Gasteiger partial charge on any atom is 0.196 e. The monoisotopic (exact) mass is 401 g/mol. The molecule has 0 spiro atoms. The molecule has 1 heterocycles. The summed E-state index contributed by atoms with van der Waals surface area (Å²) >= 11 is 1.69. The Morgan fingerprint density at radius 1 is 0.862 bits per heavy atom. The van der Waals surface area contributed by atoms with Crippen molar-refractivity contribution in [1.29, 1.82) is 0 Å². The third-order valence-corrected chi connectivity index (χ3v) is 5.69. The minimum atomic E-state index is 0.827. The molecule has 4 nitrogen and oxygen atoms in total. The van der Waals surface area contributed by atoms with Crippen molar-refractivity contribution in [2.75, 3.05) is 7.11 Å². The molecule has 0 unspecified atom stereocenters. The number of hydrogen-bond acceptors (Lipinski definition) is 4. The van der Waals surface area contributed by atoms with Gasteiger partial charge < -0.3 is 4.74 Å². The number of benzene rings is 3. The summed E-state index contributed by atoms with van der Waals surface area (Å²) in [6.07, 6.45) is 0. The summed E-state index contributed by atoms with van der Waals surface area (Å²) in [6.45, 7) is 4.20. The molecule has 0 saturated heterocycles. The molecule has 3 aromatic carbocycles. The first-order chi connectivity index (χ1) is 14.1. The Balaban J connectivity index is 1.74. The van der Waals surface area contributed by atoms with Crippen LogP contribution in [0.4, 0.5) is 0 Å². The third kappa shape index (κ3) is 4.35. The fraction of sp³-hybridized carbons (Fsp3) is 0.167. The molecule has 5 heteroatoms. The van der Waals surface area contributed by atoms with Crippen molar-refractivity contribution in [3.8, 4) is 22.8 Å². The van der Waals surface area contributed by atoms with Crippen LogP contribution < -0.4 is 4.74 Å².